The maximum absolute atomic E-state index is 13.2. The smallest absolute Gasteiger partial charge is 0.335 e. The van der Waals surface area contributed by atoms with Crippen LogP contribution in [0.4, 0.5) is 14.9 Å². The molecule has 6 nitrogen and oxygen atoms in total. The summed E-state index contributed by atoms with van der Waals surface area (Å²) in [5.74, 6) is -1.30. The number of amides is 4. The van der Waals surface area contributed by atoms with E-state index in [1.54, 1.807) is 12.1 Å². The molecule has 29 heavy (non-hydrogen) atoms. The maximum Gasteiger partial charge on any atom is 0.335 e. The number of carbonyl (C=O) groups is 3. The fourth-order valence-electron chi connectivity index (χ4n) is 2.82. The van der Waals surface area contributed by atoms with Gasteiger partial charge in [0.05, 0.1) is 5.69 Å². The number of nitrogens with one attached hydrogen (secondary N) is 1. The highest BCUT2D eigenvalue weighted by Crippen LogP contribution is 2.26. The van der Waals surface area contributed by atoms with Gasteiger partial charge in [-0.25, -0.2) is 14.1 Å². The van der Waals surface area contributed by atoms with E-state index in [9.17, 15) is 18.8 Å². The Morgan fingerprint density at radius 1 is 0.931 bits per heavy atom. The first-order valence-electron chi connectivity index (χ1n) is 8.45. The zero-order valence-corrected chi connectivity index (χ0v) is 16.8. The molecule has 144 valence electrons. The van der Waals surface area contributed by atoms with Gasteiger partial charge in [-0.3, -0.25) is 14.9 Å². The molecule has 1 N–H and O–H groups in total. The summed E-state index contributed by atoms with van der Waals surface area (Å²) in [6.45, 7) is 0. The highest BCUT2D eigenvalue weighted by atomic mass is 127. The number of rotatable bonds is 3. The van der Waals surface area contributed by atoms with Gasteiger partial charge >= 0.3 is 6.03 Å². The zero-order chi connectivity index (χ0) is 20.5. The number of halogens is 2. The standard InChI is InChI=1S/C21H12FIN2O4/c22-13-3-7-15(8-4-13)25-20(27)17(19(26)24-21(25)28)11-16-9-10-18(29-16)12-1-5-14(23)6-2-12/h1-11H,(H,24,26,28)/b17-11+. The lowest BCUT2D eigenvalue weighted by molar-refractivity contribution is -0.122. The third kappa shape index (κ3) is 3.83. The Morgan fingerprint density at radius 3 is 2.31 bits per heavy atom. The predicted molar refractivity (Wildman–Crippen MR) is 112 cm³/mol. The molecule has 2 aromatic carbocycles. The van der Waals surface area contributed by atoms with Crippen LogP contribution < -0.4 is 10.2 Å². The number of urea groups is 1. The molecule has 1 saturated heterocycles. The minimum Gasteiger partial charge on any atom is -0.457 e. The van der Waals surface area contributed by atoms with Gasteiger partial charge in [-0.05, 0) is 77.2 Å². The predicted octanol–water partition coefficient (Wildman–Crippen LogP) is 4.36. The second-order valence-corrected chi connectivity index (χ2v) is 7.39. The number of imide groups is 2. The second-order valence-electron chi connectivity index (χ2n) is 6.14. The Kier molecular flexibility index (Phi) is 5.01. The Bertz CT molecular complexity index is 1150. The molecular weight excluding hydrogens is 490 g/mol. The van der Waals surface area contributed by atoms with Gasteiger partial charge in [0.25, 0.3) is 11.8 Å². The van der Waals surface area contributed by atoms with Crippen molar-refractivity contribution in [3.63, 3.8) is 0 Å². The summed E-state index contributed by atoms with van der Waals surface area (Å²) in [4.78, 5) is 37.9. The largest absolute Gasteiger partial charge is 0.457 e. The van der Waals surface area contributed by atoms with E-state index < -0.39 is 23.7 Å². The van der Waals surface area contributed by atoms with Gasteiger partial charge in [0.15, 0.2) is 0 Å². The molecule has 1 aromatic heterocycles. The van der Waals surface area contributed by atoms with Crippen molar-refractivity contribution >= 4 is 52.2 Å². The first kappa shape index (κ1) is 19.1. The molecule has 0 saturated carbocycles. The summed E-state index contributed by atoms with van der Waals surface area (Å²) in [5.41, 5.74) is 0.723. The van der Waals surface area contributed by atoms with Crippen molar-refractivity contribution in [2.45, 2.75) is 0 Å². The molecule has 1 aliphatic heterocycles. The molecule has 3 aromatic rings. The summed E-state index contributed by atoms with van der Waals surface area (Å²) in [6, 6.07) is 14.9. The second kappa shape index (κ2) is 7.63. The monoisotopic (exact) mass is 502 g/mol. The van der Waals surface area contributed by atoms with E-state index in [1.165, 1.54) is 18.2 Å². The van der Waals surface area contributed by atoms with E-state index >= 15 is 0 Å². The van der Waals surface area contributed by atoms with Crippen molar-refractivity contribution in [2.24, 2.45) is 0 Å². The summed E-state index contributed by atoms with van der Waals surface area (Å²) < 4.78 is 20.0. The van der Waals surface area contributed by atoms with Gasteiger partial charge in [-0.15, -0.1) is 0 Å². The third-order valence-electron chi connectivity index (χ3n) is 4.23. The van der Waals surface area contributed by atoms with Crippen molar-refractivity contribution in [3.8, 4) is 11.3 Å². The molecule has 0 atom stereocenters. The number of anilines is 1. The Balaban J connectivity index is 1.66. The summed E-state index contributed by atoms with van der Waals surface area (Å²) >= 11 is 2.20. The van der Waals surface area contributed by atoms with E-state index in [0.29, 0.717) is 5.76 Å². The fourth-order valence-corrected chi connectivity index (χ4v) is 3.18. The SMILES string of the molecule is O=C1NC(=O)N(c2ccc(F)cc2)C(=O)/C1=C/c1ccc(-c2ccc(I)cc2)o1. The Hall–Kier alpha value is -3.27. The summed E-state index contributed by atoms with van der Waals surface area (Å²) in [5, 5.41) is 2.11. The van der Waals surface area contributed by atoms with Crippen LogP contribution in [-0.4, -0.2) is 17.8 Å². The van der Waals surface area contributed by atoms with Crippen LogP contribution in [-0.2, 0) is 9.59 Å². The summed E-state index contributed by atoms with van der Waals surface area (Å²) in [6.07, 6.45) is 1.27. The van der Waals surface area contributed by atoms with Crippen LogP contribution in [0.3, 0.4) is 0 Å². The van der Waals surface area contributed by atoms with Crippen LogP contribution in [0, 0.1) is 9.39 Å². The lowest BCUT2D eigenvalue weighted by atomic mass is 10.1. The lowest BCUT2D eigenvalue weighted by Gasteiger charge is -2.26. The van der Waals surface area contributed by atoms with Crippen molar-refractivity contribution in [1.82, 2.24) is 5.32 Å². The van der Waals surface area contributed by atoms with Crippen LogP contribution in [0.25, 0.3) is 17.4 Å². The number of carbonyl (C=O) groups excluding carboxylic acids is 3. The molecule has 4 amide bonds. The number of hydrogen-bond acceptors (Lipinski definition) is 4. The highest BCUT2D eigenvalue weighted by Gasteiger charge is 2.37. The Labute approximate surface area is 178 Å². The van der Waals surface area contributed by atoms with Crippen molar-refractivity contribution < 1.29 is 23.2 Å². The molecule has 0 aliphatic carbocycles. The minimum absolute atomic E-state index is 0.145. The van der Waals surface area contributed by atoms with Gasteiger partial charge in [-0.2, -0.15) is 0 Å². The van der Waals surface area contributed by atoms with Crippen molar-refractivity contribution in [3.05, 3.63) is 81.4 Å². The van der Waals surface area contributed by atoms with Gasteiger partial charge < -0.3 is 4.42 Å². The molecule has 0 unspecified atom stereocenters. The number of nitrogens with zero attached hydrogens (tertiary/aromatic N) is 1. The average Bonchev–Trinajstić information content (AvgIpc) is 3.16. The Morgan fingerprint density at radius 2 is 1.62 bits per heavy atom. The van der Waals surface area contributed by atoms with Crippen molar-refractivity contribution in [1.29, 1.82) is 0 Å². The number of furan rings is 1. The molecule has 2 heterocycles. The zero-order valence-electron chi connectivity index (χ0n) is 14.7. The fraction of sp³-hybridized carbons (Fsp3) is 0. The van der Waals surface area contributed by atoms with E-state index in [2.05, 4.69) is 27.9 Å². The average molecular weight is 502 g/mol. The van der Waals surface area contributed by atoms with Crippen molar-refractivity contribution in [2.75, 3.05) is 4.90 Å². The van der Waals surface area contributed by atoms with E-state index in [-0.39, 0.29) is 17.0 Å². The molecule has 0 bridgehead atoms. The van der Waals surface area contributed by atoms with Crippen LogP contribution in [0.2, 0.25) is 0 Å². The molecule has 4 rings (SSSR count). The number of benzene rings is 2. The molecule has 8 heteroatoms. The normalized spacial score (nSPS) is 15.7. The van der Waals surface area contributed by atoms with E-state index in [0.717, 1.165) is 26.2 Å². The number of barbiturate groups is 1. The third-order valence-corrected chi connectivity index (χ3v) is 4.95. The van der Waals surface area contributed by atoms with Gasteiger partial charge in [0.2, 0.25) is 0 Å². The molecule has 1 fully saturated rings. The van der Waals surface area contributed by atoms with E-state index in [1.807, 2.05) is 24.3 Å². The van der Waals surface area contributed by atoms with E-state index in [4.69, 9.17) is 4.42 Å². The van der Waals surface area contributed by atoms with Gasteiger partial charge in [0, 0.05) is 9.13 Å². The van der Waals surface area contributed by atoms with Gasteiger partial charge in [-0.1, -0.05) is 12.1 Å². The molecular formula is C21H12FIN2O4. The maximum atomic E-state index is 13.2. The first-order chi connectivity index (χ1) is 13.9. The molecule has 0 spiro atoms. The quantitative estimate of drug-likeness (QED) is 0.328. The number of hydrogen-bond donors (Lipinski definition) is 1. The van der Waals surface area contributed by atoms with Crippen LogP contribution in [0.1, 0.15) is 5.76 Å². The molecule has 0 radical (unpaired) electrons. The first-order valence-corrected chi connectivity index (χ1v) is 9.53. The van der Waals surface area contributed by atoms with Crippen LogP contribution >= 0.6 is 22.6 Å². The lowest BCUT2D eigenvalue weighted by Crippen LogP contribution is -2.54. The summed E-state index contributed by atoms with van der Waals surface area (Å²) in [7, 11) is 0. The minimum atomic E-state index is -0.900. The van der Waals surface area contributed by atoms with Gasteiger partial charge in [0.1, 0.15) is 22.9 Å². The molecule has 1 aliphatic rings. The topological polar surface area (TPSA) is 79.6 Å². The van der Waals surface area contributed by atoms with Crippen LogP contribution in [0.15, 0.2) is 70.7 Å². The highest BCUT2D eigenvalue weighted by molar-refractivity contribution is 14.1. The van der Waals surface area contributed by atoms with Crippen LogP contribution in [0.5, 0.6) is 0 Å².